The van der Waals surface area contributed by atoms with E-state index < -0.39 is 0 Å². The highest BCUT2D eigenvalue weighted by atomic mass is 16.5. The van der Waals surface area contributed by atoms with Crippen molar-refractivity contribution in [3.05, 3.63) is 23.8 Å². The van der Waals surface area contributed by atoms with Crippen LogP contribution in [-0.2, 0) is 9.53 Å². The van der Waals surface area contributed by atoms with Crippen molar-refractivity contribution in [2.24, 2.45) is 0 Å². The normalized spacial score (nSPS) is 11.8. The van der Waals surface area contributed by atoms with Crippen LogP contribution in [0.5, 0.6) is 11.5 Å². The molecule has 0 radical (unpaired) electrons. The molecule has 0 fully saturated rings. The van der Waals surface area contributed by atoms with Crippen LogP contribution in [0.15, 0.2) is 18.2 Å². The van der Waals surface area contributed by atoms with Crippen LogP contribution in [0, 0.1) is 0 Å². The molecule has 0 aliphatic rings. The topological polar surface area (TPSA) is 56.8 Å². The Hall–Kier alpha value is -1.75. The average Bonchev–Trinajstić information content (AvgIpc) is 2.51. The molecule has 0 aromatic heterocycles. The summed E-state index contributed by atoms with van der Waals surface area (Å²) in [6.45, 7) is 5.10. The molecule has 0 aliphatic heterocycles. The summed E-state index contributed by atoms with van der Waals surface area (Å²) in [5.74, 6) is 1.20. The zero-order valence-electron chi connectivity index (χ0n) is 13.3. The molecule has 0 bridgehead atoms. The van der Waals surface area contributed by atoms with Crippen molar-refractivity contribution in [1.82, 2.24) is 5.32 Å². The molecule has 1 unspecified atom stereocenters. The van der Waals surface area contributed by atoms with E-state index in [1.807, 2.05) is 18.2 Å². The Kier molecular flexibility index (Phi) is 7.61. The molecule has 1 atom stereocenters. The lowest BCUT2D eigenvalue weighted by Crippen LogP contribution is -2.25. The number of methoxy groups -OCH3 is 2. The second-order valence-electron chi connectivity index (χ2n) is 4.66. The molecule has 118 valence electrons. The van der Waals surface area contributed by atoms with Gasteiger partial charge < -0.3 is 19.5 Å². The molecule has 0 amide bonds. The maximum Gasteiger partial charge on any atom is 0.307 e. The number of carbonyl (C=O) groups excluding carboxylic acids is 1. The predicted octanol–water partition coefficient (Wildman–Crippen LogP) is 2.70. The molecule has 5 heteroatoms. The summed E-state index contributed by atoms with van der Waals surface area (Å²) < 4.78 is 15.6. The van der Waals surface area contributed by atoms with Crippen molar-refractivity contribution in [2.75, 3.05) is 27.4 Å². The Bertz CT molecular complexity index is 426. The third-order valence-corrected chi connectivity index (χ3v) is 3.09. The monoisotopic (exact) mass is 295 g/mol. The molecule has 5 nitrogen and oxygen atoms in total. The Balaban J connectivity index is 2.97. The number of benzene rings is 1. The Morgan fingerprint density at radius 2 is 1.76 bits per heavy atom. The molecule has 1 aromatic carbocycles. The summed E-state index contributed by atoms with van der Waals surface area (Å²) in [6, 6.07) is 5.52. The fourth-order valence-corrected chi connectivity index (χ4v) is 2.04. The molecule has 0 saturated carbocycles. The maximum atomic E-state index is 11.8. The van der Waals surface area contributed by atoms with Gasteiger partial charge >= 0.3 is 5.97 Å². The van der Waals surface area contributed by atoms with Crippen LogP contribution in [0.2, 0.25) is 0 Å². The van der Waals surface area contributed by atoms with Gasteiger partial charge in [-0.15, -0.1) is 0 Å². The number of esters is 1. The van der Waals surface area contributed by atoms with E-state index in [0.717, 1.165) is 18.5 Å². The number of nitrogens with one attached hydrogen (secondary N) is 1. The van der Waals surface area contributed by atoms with E-state index >= 15 is 0 Å². The van der Waals surface area contributed by atoms with Crippen LogP contribution in [0.4, 0.5) is 0 Å². The summed E-state index contributed by atoms with van der Waals surface area (Å²) in [6.07, 6.45) is 1.27. The van der Waals surface area contributed by atoms with E-state index in [9.17, 15) is 4.79 Å². The molecule has 0 aliphatic carbocycles. The van der Waals surface area contributed by atoms with Crippen LogP contribution in [0.25, 0.3) is 0 Å². The van der Waals surface area contributed by atoms with Crippen LogP contribution in [0.1, 0.15) is 38.3 Å². The van der Waals surface area contributed by atoms with Gasteiger partial charge in [0.25, 0.3) is 0 Å². The van der Waals surface area contributed by atoms with Crippen molar-refractivity contribution in [3.63, 3.8) is 0 Å². The van der Waals surface area contributed by atoms with Gasteiger partial charge in [0.2, 0.25) is 0 Å². The first kappa shape index (κ1) is 17.3. The zero-order chi connectivity index (χ0) is 15.7. The fourth-order valence-electron chi connectivity index (χ4n) is 2.04. The largest absolute Gasteiger partial charge is 0.497 e. The van der Waals surface area contributed by atoms with Gasteiger partial charge in [0.05, 0.1) is 27.2 Å². The second kappa shape index (κ2) is 9.23. The minimum Gasteiger partial charge on any atom is -0.497 e. The van der Waals surface area contributed by atoms with Crippen molar-refractivity contribution in [2.45, 2.75) is 32.7 Å². The maximum absolute atomic E-state index is 11.8. The summed E-state index contributed by atoms with van der Waals surface area (Å²) in [5.41, 5.74) is 0.952. The lowest BCUT2D eigenvalue weighted by Gasteiger charge is -2.19. The van der Waals surface area contributed by atoms with Crippen LogP contribution >= 0.6 is 0 Å². The molecule has 0 spiro atoms. The molecule has 0 saturated heterocycles. The van der Waals surface area contributed by atoms with Gasteiger partial charge in [-0.05, 0) is 37.6 Å². The van der Waals surface area contributed by atoms with Crippen molar-refractivity contribution in [3.8, 4) is 11.5 Å². The summed E-state index contributed by atoms with van der Waals surface area (Å²) >= 11 is 0. The van der Waals surface area contributed by atoms with Gasteiger partial charge in [-0.3, -0.25) is 4.79 Å². The fraction of sp³-hybridized carbons (Fsp3) is 0.562. The number of rotatable bonds is 9. The SMILES string of the molecule is CCCNC(CC(=O)OCC)c1cc(OC)cc(OC)c1. The lowest BCUT2D eigenvalue weighted by atomic mass is 10.0. The number of hydrogen-bond acceptors (Lipinski definition) is 5. The van der Waals surface area contributed by atoms with Gasteiger partial charge in [0.15, 0.2) is 0 Å². The highest BCUT2D eigenvalue weighted by Crippen LogP contribution is 2.28. The Morgan fingerprint density at radius 1 is 1.14 bits per heavy atom. The van der Waals surface area contributed by atoms with Crippen LogP contribution in [-0.4, -0.2) is 33.3 Å². The first-order chi connectivity index (χ1) is 10.1. The summed E-state index contributed by atoms with van der Waals surface area (Å²) in [7, 11) is 3.22. The molecular formula is C16H25NO4. The highest BCUT2D eigenvalue weighted by molar-refractivity contribution is 5.70. The second-order valence-corrected chi connectivity index (χ2v) is 4.66. The van der Waals surface area contributed by atoms with Gasteiger partial charge in [0, 0.05) is 12.1 Å². The third kappa shape index (κ3) is 5.63. The smallest absolute Gasteiger partial charge is 0.307 e. The minimum absolute atomic E-state index is 0.118. The van der Waals surface area contributed by atoms with E-state index in [0.29, 0.717) is 18.1 Å². The van der Waals surface area contributed by atoms with E-state index in [4.69, 9.17) is 14.2 Å². The summed E-state index contributed by atoms with van der Waals surface area (Å²) in [5, 5.41) is 3.37. The average molecular weight is 295 g/mol. The quantitative estimate of drug-likeness (QED) is 0.710. The lowest BCUT2D eigenvalue weighted by molar-refractivity contribution is -0.143. The molecule has 21 heavy (non-hydrogen) atoms. The molecule has 1 aromatic rings. The van der Waals surface area contributed by atoms with Crippen molar-refractivity contribution < 1.29 is 19.0 Å². The highest BCUT2D eigenvalue weighted by Gasteiger charge is 2.18. The van der Waals surface area contributed by atoms with E-state index in [1.165, 1.54) is 0 Å². The zero-order valence-corrected chi connectivity index (χ0v) is 13.3. The minimum atomic E-state index is -0.215. The standard InChI is InChI=1S/C16H25NO4/c1-5-7-17-15(11-16(18)21-6-2)12-8-13(19-3)10-14(9-12)20-4/h8-10,15,17H,5-7,11H2,1-4H3. The van der Waals surface area contributed by atoms with Gasteiger partial charge in [0.1, 0.15) is 11.5 Å². The molecule has 1 rings (SSSR count). The predicted molar refractivity (Wildman–Crippen MR) is 81.8 cm³/mol. The Labute approximate surface area is 126 Å². The molecule has 1 N–H and O–H groups in total. The first-order valence-corrected chi connectivity index (χ1v) is 7.26. The first-order valence-electron chi connectivity index (χ1n) is 7.26. The number of hydrogen-bond donors (Lipinski definition) is 1. The van der Waals surface area contributed by atoms with Gasteiger partial charge in [-0.2, -0.15) is 0 Å². The van der Waals surface area contributed by atoms with E-state index in [2.05, 4.69) is 12.2 Å². The third-order valence-electron chi connectivity index (χ3n) is 3.09. The van der Waals surface area contributed by atoms with Crippen LogP contribution < -0.4 is 14.8 Å². The van der Waals surface area contributed by atoms with Gasteiger partial charge in [-0.1, -0.05) is 6.92 Å². The van der Waals surface area contributed by atoms with E-state index in [1.54, 1.807) is 21.1 Å². The summed E-state index contributed by atoms with van der Waals surface area (Å²) in [4.78, 5) is 11.8. The van der Waals surface area contributed by atoms with Crippen molar-refractivity contribution >= 4 is 5.97 Å². The Morgan fingerprint density at radius 3 is 2.24 bits per heavy atom. The van der Waals surface area contributed by atoms with E-state index in [-0.39, 0.29) is 18.4 Å². The molecular weight excluding hydrogens is 270 g/mol. The van der Waals surface area contributed by atoms with Gasteiger partial charge in [-0.25, -0.2) is 0 Å². The number of ether oxygens (including phenoxy) is 3. The number of carbonyl (C=O) groups is 1. The van der Waals surface area contributed by atoms with Crippen LogP contribution in [0.3, 0.4) is 0 Å². The molecule has 0 heterocycles. The van der Waals surface area contributed by atoms with Crippen molar-refractivity contribution in [1.29, 1.82) is 0 Å².